The largest absolute Gasteiger partial charge is 0.493 e. The zero-order chi connectivity index (χ0) is 22.1. The highest BCUT2D eigenvalue weighted by Crippen LogP contribution is 2.41. The molecule has 2 aromatic rings. The van der Waals surface area contributed by atoms with E-state index in [0.717, 1.165) is 23.8 Å². The summed E-state index contributed by atoms with van der Waals surface area (Å²) in [5.41, 5.74) is 1.45. The van der Waals surface area contributed by atoms with E-state index in [1.807, 2.05) is 0 Å². The molecule has 162 valence electrons. The van der Waals surface area contributed by atoms with E-state index < -0.39 is 27.9 Å². The number of ether oxygens (including phenoxy) is 3. The van der Waals surface area contributed by atoms with Crippen molar-refractivity contribution in [2.45, 2.75) is 23.8 Å². The number of methoxy groups -OCH3 is 3. The number of benzene rings is 2. The van der Waals surface area contributed by atoms with Crippen LogP contribution in [0.3, 0.4) is 0 Å². The van der Waals surface area contributed by atoms with E-state index in [2.05, 4.69) is 0 Å². The Kier molecular flexibility index (Phi) is 6.54. The molecule has 0 aliphatic carbocycles. The van der Waals surface area contributed by atoms with Crippen LogP contribution in [0.25, 0.3) is 0 Å². The second-order valence-corrected chi connectivity index (χ2v) is 8.94. The van der Waals surface area contributed by atoms with Gasteiger partial charge in [-0.3, -0.25) is 4.79 Å². The van der Waals surface area contributed by atoms with Gasteiger partial charge >= 0.3 is 5.97 Å². The minimum absolute atomic E-state index is 0.113. The van der Waals surface area contributed by atoms with Gasteiger partial charge in [0.05, 0.1) is 43.7 Å². The van der Waals surface area contributed by atoms with Crippen LogP contribution >= 0.6 is 11.6 Å². The van der Waals surface area contributed by atoms with Crippen molar-refractivity contribution < 1.29 is 31.8 Å². The molecule has 1 aliphatic heterocycles. The Hall–Kier alpha value is -2.36. The number of halogens is 2. The van der Waals surface area contributed by atoms with Gasteiger partial charge in [0.1, 0.15) is 5.82 Å². The number of fused-ring (bicyclic) bond motifs is 1. The molecule has 1 unspecified atom stereocenters. The van der Waals surface area contributed by atoms with Crippen molar-refractivity contribution in [3.05, 3.63) is 52.3 Å². The number of hydrogen-bond acceptors (Lipinski definition) is 6. The molecular weight excluding hydrogens is 437 g/mol. The molecule has 0 spiro atoms. The smallest absolute Gasteiger partial charge is 0.307 e. The van der Waals surface area contributed by atoms with Gasteiger partial charge in [-0.25, -0.2) is 12.8 Å². The molecule has 0 saturated heterocycles. The standard InChI is InChI=1S/C20H21ClFNO6S/c1-27-18-8-12-6-7-23(30(25,26)13-4-5-16(22)15(21)9-13)17(11-20(24)29-3)14(12)10-19(18)28-2/h4-5,8-10,17H,6-7,11H2,1-3H3. The Balaban J connectivity index is 2.12. The Morgan fingerprint density at radius 2 is 1.83 bits per heavy atom. The molecule has 0 fully saturated rings. The van der Waals surface area contributed by atoms with E-state index in [1.54, 1.807) is 12.1 Å². The van der Waals surface area contributed by atoms with Crippen molar-refractivity contribution in [2.75, 3.05) is 27.9 Å². The van der Waals surface area contributed by atoms with Gasteiger partial charge in [-0.1, -0.05) is 11.6 Å². The minimum Gasteiger partial charge on any atom is -0.493 e. The topological polar surface area (TPSA) is 82.1 Å². The predicted molar refractivity (Wildman–Crippen MR) is 108 cm³/mol. The molecule has 0 aromatic heterocycles. The molecule has 0 N–H and O–H groups in total. The van der Waals surface area contributed by atoms with Crippen molar-refractivity contribution in [3.8, 4) is 11.5 Å². The highest BCUT2D eigenvalue weighted by molar-refractivity contribution is 7.89. The van der Waals surface area contributed by atoms with Gasteiger partial charge in [0.15, 0.2) is 11.5 Å². The van der Waals surface area contributed by atoms with E-state index in [1.165, 1.54) is 25.6 Å². The first-order valence-electron chi connectivity index (χ1n) is 9.01. The fourth-order valence-corrected chi connectivity index (χ4v) is 5.40. The number of sulfonamides is 1. The first kappa shape index (κ1) is 22.3. The maximum Gasteiger partial charge on any atom is 0.307 e. The van der Waals surface area contributed by atoms with E-state index in [9.17, 15) is 17.6 Å². The SMILES string of the molecule is COC(=O)CC1c2cc(OC)c(OC)cc2CCN1S(=O)(=O)c1ccc(F)c(Cl)c1. The molecule has 10 heteroatoms. The molecule has 1 heterocycles. The zero-order valence-electron chi connectivity index (χ0n) is 16.6. The van der Waals surface area contributed by atoms with Crippen molar-refractivity contribution in [3.63, 3.8) is 0 Å². The summed E-state index contributed by atoms with van der Waals surface area (Å²) in [5, 5.41) is -0.301. The first-order valence-corrected chi connectivity index (χ1v) is 10.8. The summed E-state index contributed by atoms with van der Waals surface area (Å²) in [4.78, 5) is 11.9. The van der Waals surface area contributed by atoms with Gasteiger partial charge in [0.25, 0.3) is 0 Å². The van der Waals surface area contributed by atoms with Gasteiger partial charge in [-0.05, 0) is 47.9 Å². The summed E-state index contributed by atoms with van der Waals surface area (Å²) in [7, 11) is 0.133. The number of rotatable bonds is 6. The lowest BCUT2D eigenvalue weighted by Gasteiger charge is -2.36. The predicted octanol–water partition coefficient (Wildman–Crippen LogP) is 3.35. The average molecular weight is 458 g/mol. The molecule has 0 radical (unpaired) electrons. The number of hydrogen-bond donors (Lipinski definition) is 0. The van der Waals surface area contributed by atoms with Crippen molar-refractivity contribution in [2.24, 2.45) is 0 Å². The molecule has 1 aliphatic rings. The van der Waals surface area contributed by atoms with Gasteiger partial charge in [-0.2, -0.15) is 4.31 Å². The lowest BCUT2D eigenvalue weighted by atomic mass is 9.91. The highest BCUT2D eigenvalue weighted by Gasteiger charge is 2.38. The van der Waals surface area contributed by atoms with Crippen LogP contribution in [0.4, 0.5) is 4.39 Å². The molecule has 0 amide bonds. The van der Waals surface area contributed by atoms with Crippen LogP contribution in [0.1, 0.15) is 23.6 Å². The second-order valence-electron chi connectivity index (χ2n) is 6.64. The van der Waals surface area contributed by atoms with Crippen LogP contribution in [-0.4, -0.2) is 46.6 Å². The van der Waals surface area contributed by atoms with E-state index in [4.69, 9.17) is 25.8 Å². The molecule has 30 heavy (non-hydrogen) atoms. The van der Waals surface area contributed by atoms with Crippen LogP contribution < -0.4 is 9.47 Å². The van der Waals surface area contributed by atoms with Gasteiger partial charge < -0.3 is 14.2 Å². The summed E-state index contributed by atoms with van der Waals surface area (Å²) < 4.78 is 56.9. The third kappa shape index (κ3) is 4.10. The molecule has 1 atom stereocenters. The van der Waals surface area contributed by atoms with Gasteiger partial charge in [0.2, 0.25) is 10.0 Å². The lowest BCUT2D eigenvalue weighted by Crippen LogP contribution is -2.41. The Morgan fingerprint density at radius 3 is 2.43 bits per heavy atom. The van der Waals surface area contributed by atoms with Crippen molar-refractivity contribution in [1.29, 1.82) is 0 Å². The van der Waals surface area contributed by atoms with E-state index in [0.29, 0.717) is 23.5 Å². The maximum absolute atomic E-state index is 13.5. The Labute approximate surface area is 179 Å². The quantitative estimate of drug-likeness (QED) is 0.619. The lowest BCUT2D eigenvalue weighted by molar-refractivity contribution is -0.141. The Morgan fingerprint density at radius 1 is 1.17 bits per heavy atom. The van der Waals surface area contributed by atoms with Gasteiger partial charge in [0, 0.05) is 6.54 Å². The first-order chi connectivity index (χ1) is 14.2. The van der Waals surface area contributed by atoms with Crippen molar-refractivity contribution in [1.82, 2.24) is 4.31 Å². The van der Waals surface area contributed by atoms with E-state index in [-0.39, 0.29) is 22.9 Å². The normalized spacial score (nSPS) is 16.6. The average Bonchev–Trinajstić information content (AvgIpc) is 2.74. The molecule has 7 nitrogen and oxygen atoms in total. The van der Waals surface area contributed by atoms with Crippen LogP contribution in [0.15, 0.2) is 35.2 Å². The zero-order valence-corrected chi connectivity index (χ0v) is 18.2. The molecule has 0 bridgehead atoms. The summed E-state index contributed by atoms with van der Waals surface area (Å²) in [5.74, 6) is -0.368. The number of esters is 1. The number of carbonyl (C=O) groups excluding carboxylic acids is 1. The van der Waals surface area contributed by atoms with Crippen LogP contribution in [-0.2, 0) is 26.0 Å². The summed E-state index contributed by atoms with van der Waals surface area (Å²) in [6.45, 7) is 0.113. The van der Waals surface area contributed by atoms with Crippen LogP contribution in [0.5, 0.6) is 11.5 Å². The Bertz CT molecular complexity index is 1080. The summed E-state index contributed by atoms with van der Waals surface area (Å²) in [6.07, 6.45) is 0.189. The fraction of sp³-hybridized carbons (Fsp3) is 0.350. The molecule has 0 saturated carbocycles. The highest BCUT2D eigenvalue weighted by atomic mass is 35.5. The second kappa shape index (κ2) is 8.79. The third-order valence-electron chi connectivity index (χ3n) is 5.04. The van der Waals surface area contributed by atoms with Crippen LogP contribution in [0.2, 0.25) is 5.02 Å². The van der Waals surface area contributed by atoms with Crippen molar-refractivity contribution >= 4 is 27.6 Å². The summed E-state index contributed by atoms with van der Waals surface area (Å²) in [6, 6.07) is 5.81. The van der Waals surface area contributed by atoms with E-state index >= 15 is 0 Å². The maximum atomic E-state index is 13.5. The number of carbonyl (C=O) groups is 1. The summed E-state index contributed by atoms with van der Waals surface area (Å²) >= 11 is 5.79. The van der Waals surface area contributed by atoms with Gasteiger partial charge in [-0.15, -0.1) is 0 Å². The molecular formula is C20H21ClFNO6S. The van der Waals surface area contributed by atoms with Crippen LogP contribution in [0, 0.1) is 5.82 Å². The molecule has 3 rings (SSSR count). The number of nitrogens with zero attached hydrogens (tertiary/aromatic N) is 1. The third-order valence-corrected chi connectivity index (χ3v) is 7.23. The fourth-order valence-electron chi connectivity index (χ4n) is 3.52. The molecule has 2 aromatic carbocycles. The minimum atomic E-state index is -4.08. The monoisotopic (exact) mass is 457 g/mol.